The highest BCUT2D eigenvalue weighted by Crippen LogP contribution is 2.25. The molecule has 1 aromatic rings. The van der Waals surface area contributed by atoms with E-state index in [0.717, 1.165) is 23.8 Å². The third kappa shape index (κ3) is 3.39. The van der Waals surface area contributed by atoms with Crippen LogP contribution < -0.4 is 10.5 Å². The van der Waals surface area contributed by atoms with Gasteiger partial charge in [-0.15, -0.1) is 0 Å². The normalized spacial score (nSPS) is 17.9. The van der Waals surface area contributed by atoms with E-state index in [9.17, 15) is 0 Å². The van der Waals surface area contributed by atoms with Crippen LogP contribution in [0.5, 0.6) is 5.75 Å². The van der Waals surface area contributed by atoms with Crippen LogP contribution in [0.15, 0.2) is 18.2 Å². The van der Waals surface area contributed by atoms with Gasteiger partial charge in [0.25, 0.3) is 0 Å². The van der Waals surface area contributed by atoms with Crippen molar-refractivity contribution in [3.05, 3.63) is 23.8 Å². The lowest BCUT2D eigenvalue weighted by atomic mass is 9.91. The molecule has 0 amide bonds. The van der Waals surface area contributed by atoms with Gasteiger partial charge in [0, 0.05) is 0 Å². The maximum Gasteiger partial charge on any atom is 0.142 e. The van der Waals surface area contributed by atoms with E-state index in [2.05, 4.69) is 24.1 Å². The molecule has 0 aromatic heterocycles. The van der Waals surface area contributed by atoms with Gasteiger partial charge in [0.05, 0.1) is 12.8 Å². The van der Waals surface area contributed by atoms with E-state index in [4.69, 9.17) is 10.5 Å². The van der Waals surface area contributed by atoms with Gasteiger partial charge in [-0.05, 0) is 69.4 Å². The zero-order valence-corrected chi connectivity index (χ0v) is 11.5. The molecule has 0 bridgehead atoms. The second-order valence-corrected chi connectivity index (χ2v) is 5.36. The van der Waals surface area contributed by atoms with Crippen molar-refractivity contribution >= 4 is 5.69 Å². The molecule has 1 saturated heterocycles. The first-order valence-electron chi connectivity index (χ1n) is 6.80. The molecular formula is C15H24N2O. The lowest BCUT2D eigenvalue weighted by molar-refractivity contribution is 0.212. The van der Waals surface area contributed by atoms with Crippen LogP contribution in [0.1, 0.15) is 24.8 Å². The van der Waals surface area contributed by atoms with E-state index in [1.807, 2.05) is 6.07 Å². The van der Waals surface area contributed by atoms with Crippen molar-refractivity contribution in [3.63, 3.8) is 0 Å². The van der Waals surface area contributed by atoms with Crippen molar-refractivity contribution < 1.29 is 4.74 Å². The number of piperidine rings is 1. The van der Waals surface area contributed by atoms with Crippen molar-refractivity contribution in [3.8, 4) is 5.75 Å². The van der Waals surface area contributed by atoms with Crippen LogP contribution in [-0.4, -0.2) is 32.1 Å². The minimum absolute atomic E-state index is 0.723. The zero-order chi connectivity index (χ0) is 13.0. The topological polar surface area (TPSA) is 38.5 Å². The van der Waals surface area contributed by atoms with Gasteiger partial charge in [-0.25, -0.2) is 0 Å². The molecule has 100 valence electrons. The van der Waals surface area contributed by atoms with Gasteiger partial charge in [0.2, 0.25) is 0 Å². The van der Waals surface area contributed by atoms with E-state index in [-0.39, 0.29) is 0 Å². The fraction of sp³-hybridized carbons (Fsp3) is 0.600. The fourth-order valence-electron chi connectivity index (χ4n) is 2.63. The summed E-state index contributed by atoms with van der Waals surface area (Å²) in [5.74, 6) is 1.68. The highest BCUT2D eigenvalue weighted by molar-refractivity contribution is 5.53. The number of likely N-dealkylation sites (tertiary alicyclic amines) is 1. The van der Waals surface area contributed by atoms with Gasteiger partial charge >= 0.3 is 0 Å². The number of nitrogen functional groups attached to an aromatic ring is 1. The molecule has 0 radical (unpaired) electrons. The molecular weight excluding hydrogens is 224 g/mol. The molecule has 2 rings (SSSR count). The first-order valence-corrected chi connectivity index (χ1v) is 6.80. The number of ether oxygens (including phenoxy) is 1. The minimum atomic E-state index is 0.723. The van der Waals surface area contributed by atoms with E-state index in [1.165, 1.54) is 37.9 Å². The van der Waals surface area contributed by atoms with Gasteiger partial charge in [-0.2, -0.15) is 0 Å². The number of benzene rings is 1. The zero-order valence-electron chi connectivity index (χ0n) is 11.5. The smallest absolute Gasteiger partial charge is 0.142 e. The Labute approximate surface area is 110 Å². The summed E-state index contributed by atoms with van der Waals surface area (Å²) in [4.78, 5) is 2.42. The minimum Gasteiger partial charge on any atom is -0.495 e. The van der Waals surface area contributed by atoms with Gasteiger partial charge in [-0.1, -0.05) is 6.07 Å². The Kier molecular flexibility index (Phi) is 4.48. The molecule has 3 heteroatoms. The van der Waals surface area contributed by atoms with Crippen LogP contribution in [0.25, 0.3) is 0 Å². The van der Waals surface area contributed by atoms with Gasteiger partial charge < -0.3 is 15.4 Å². The summed E-state index contributed by atoms with van der Waals surface area (Å²) >= 11 is 0. The molecule has 1 heterocycles. The first-order chi connectivity index (χ1) is 8.69. The Balaban J connectivity index is 1.86. The maximum atomic E-state index is 5.82. The maximum absolute atomic E-state index is 5.82. The molecule has 18 heavy (non-hydrogen) atoms. The van der Waals surface area contributed by atoms with Crippen molar-refractivity contribution in [2.24, 2.45) is 5.92 Å². The average molecular weight is 248 g/mol. The predicted octanol–water partition coefficient (Wildman–Crippen LogP) is 2.55. The molecule has 0 spiro atoms. The molecule has 2 N–H and O–H groups in total. The fourth-order valence-corrected chi connectivity index (χ4v) is 2.63. The lowest BCUT2D eigenvalue weighted by Crippen LogP contribution is -2.30. The summed E-state index contributed by atoms with van der Waals surface area (Å²) in [7, 11) is 3.88. The number of anilines is 1. The van der Waals surface area contributed by atoms with Gasteiger partial charge in [0.1, 0.15) is 5.75 Å². The summed E-state index contributed by atoms with van der Waals surface area (Å²) in [6.45, 7) is 2.49. The third-order valence-electron chi connectivity index (χ3n) is 3.98. The Hall–Kier alpha value is -1.22. The van der Waals surface area contributed by atoms with Crippen LogP contribution in [0, 0.1) is 5.92 Å². The monoisotopic (exact) mass is 248 g/mol. The van der Waals surface area contributed by atoms with E-state index >= 15 is 0 Å². The Morgan fingerprint density at radius 3 is 2.72 bits per heavy atom. The molecule has 1 aliphatic rings. The number of hydrogen-bond acceptors (Lipinski definition) is 3. The summed E-state index contributed by atoms with van der Waals surface area (Å²) in [5, 5.41) is 0. The highest BCUT2D eigenvalue weighted by Gasteiger charge is 2.16. The summed E-state index contributed by atoms with van der Waals surface area (Å²) in [6.07, 6.45) is 5.08. The van der Waals surface area contributed by atoms with E-state index in [0.29, 0.717) is 0 Å². The Morgan fingerprint density at radius 2 is 2.06 bits per heavy atom. The first kappa shape index (κ1) is 13.2. The number of nitrogens with two attached hydrogens (primary N) is 1. The molecule has 0 atom stereocenters. The van der Waals surface area contributed by atoms with E-state index < -0.39 is 0 Å². The van der Waals surface area contributed by atoms with Crippen LogP contribution in [0.3, 0.4) is 0 Å². The molecule has 0 unspecified atom stereocenters. The largest absolute Gasteiger partial charge is 0.495 e. The molecule has 1 fully saturated rings. The number of aryl methyl sites for hydroxylation is 1. The molecule has 0 aliphatic carbocycles. The average Bonchev–Trinajstić information content (AvgIpc) is 2.39. The molecule has 1 aromatic carbocycles. The molecule has 0 saturated carbocycles. The molecule has 1 aliphatic heterocycles. The lowest BCUT2D eigenvalue weighted by Gasteiger charge is -2.28. The van der Waals surface area contributed by atoms with Crippen LogP contribution >= 0.6 is 0 Å². The second-order valence-electron chi connectivity index (χ2n) is 5.36. The number of methoxy groups -OCH3 is 1. The standard InChI is InChI=1S/C15H24N2O/c1-17-9-7-12(8-10-17)3-4-13-5-6-14(16)15(11-13)18-2/h5-6,11-12H,3-4,7-10,16H2,1-2H3. The van der Waals surface area contributed by atoms with Crippen LogP contribution in [-0.2, 0) is 6.42 Å². The second kappa shape index (κ2) is 6.10. The third-order valence-corrected chi connectivity index (χ3v) is 3.98. The number of rotatable bonds is 4. The summed E-state index contributed by atoms with van der Waals surface area (Å²) in [6, 6.07) is 6.14. The summed E-state index contributed by atoms with van der Waals surface area (Å²) in [5.41, 5.74) is 7.88. The number of hydrogen-bond donors (Lipinski definition) is 1. The SMILES string of the molecule is COc1cc(CCC2CCN(C)CC2)ccc1N. The van der Waals surface area contributed by atoms with Crippen LogP contribution in [0.4, 0.5) is 5.69 Å². The van der Waals surface area contributed by atoms with Gasteiger partial charge in [0.15, 0.2) is 0 Å². The molecule has 3 nitrogen and oxygen atoms in total. The van der Waals surface area contributed by atoms with E-state index in [1.54, 1.807) is 7.11 Å². The van der Waals surface area contributed by atoms with Crippen LogP contribution in [0.2, 0.25) is 0 Å². The Bertz CT molecular complexity index is 384. The highest BCUT2D eigenvalue weighted by atomic mass is 16.5. The van der Waals surface area contributed by atoms with Crippen molar-refractivity contribution in [1.82, 2.24) is 4.90 Å². The van der Waals surface area contributed by atoms with Crippen molar-refractivity contribution in [2.75, 3.05) is 33.0 Å². The van der Waals surface area contributed by atoms with Gasteiger partial charge in [-0.3, -0.25) is 0 Å². The van der Waals surface area contributed by atoms with Crippen molar-refractivity contribution in [1.29, 1.82) is 0 Å². The Morgan fingerprint density at radius 1 is 1.33 bits per heavy atom. The van der Waals surface area contributed by atoms with Crippen molar-refractivity contribution in [2.45, 2.75) is 25.7 Å². The quantitative estimate of drug-likeness (QED) is 0.832. The number of nitrogens with zero attached hydrogens (tertiary/aromatic N) is 1. The predicted molar refractivity (Wildman–Crippen MR) is 75.9 cm³/mol. The summed E-state index contributed by atoms with van der Waals surface area (Å²) < 4.78 is 5.26.